The number of halogens is 4. The Morgan fingerprint density at radius 3 is 2.15 bits per heavy atom. The molecule has 0 fully saturated rings. The molecule has 0 atom stereocenters. The van der Waals surface area contributed by atoms with Crippen LogP contribution in [0.3, 0.4) is 0 Å². The number of rotatable bonds is 5. The largest absolute Gasteiger partial charge is 0.232 e. The Hall–Kier alpha value is -0.480. The smallest absolute Gasteiger partial charge is 0.109 e. The molecule has 0 radical (unpaired) electrons. The van der Waals surface area contributed by atoms with Gasteiger partial charge in [-0.3, -0.25) is 0 Å². The van der Waals surface area contributed by atoms with Crippen LogP contribution < -0.4 is 0 Å². The molecular weight excluding hydrogens is 342 g/mol. The summed E-state index contributed by atoms with van der Waals surface area (Å²) in [6.45, 7) is 0.499. The maximum atomic E-state index is 6.01. The topological polar surface area (TPSA) is 18.5 Å². The van der Waals surface area contributed by atoms with Crippen molar-refractivity contribution in [1.82, 2.24) is 0 Å². The fourth-order valence-electron chi connectivity index (χ4n) is 1.48. The third-order valence-electron chi connectivity index (χ3n) is 2.52. The molecule has 0 spiro atoms. The van der Waals surface area contributed by atoms with Crippen molar-refractivity contribution in [2.75, 3.05) is 0 Å². The Balaban J connectivity index is 1.82. The predicted molar refractivity (Wildman–Crippen MR) is 82.5 cm³/mol. The van der Waals surface area contributed by atoms with Gasteiger partial charge in [0.25, 0.3) is 0 Å². The average Bonchev–Trinajstić information content (AvgIpc) is 2.40. The fraction of sp³-hybridized carbons (Fsp3) is 0.143. The molecule has 2 rings (SSSR count). The Morgan fingerprint density at radius 1 is 0.700 bits per heavy atom. The molecule has 0 saturated carbocycles. The summed E-state index contributed by atoms with van der Waals surface area (Å²) in [5, 5.41) is 2.10. The quantitative estimate of drug-likeness (QED) is 0.376. The lowest BCUT2D eigenvalue weighted by Crippen LogP contribution is -1.97. The van der Waals surface area contributed by atoms with Crippen LogP contribution in [-0.4, -0.2) is 0 Å². The molecule has 0 bridgehead atoms. The van der Waals surface area contributed by atoms with Crippen LogP contribution in [-0.2, 0) is 23.0 Å². The molecule has 0 saturated heterocycles. The van der Waals surface area contributed by atoms with E-state index in [4.69, 9.17) is 56.2 Å². The van der Waals surface area contributed by atoms with Crippen LogP contribution in [0, 0.1) is 0 Å². The first-order valence-electron chi connectivity index (χ1n) is 5.68. The molecule has 0 unspecified atom stereocenters. The fourth-order valence-corrected chi connectivity index (χ4v) is 2.27. The molecule has 106 valence electrons. The van der Waals surface area contributed by atoms with E-state index in [9.17, 15) is 0 Å². The highest BCUT2D eigenvalue weighted by molar-refractivity contribution is 6.42. The Kier molecular flexibility index (Phi) is 5.97. The molecule has 0 N–H and O–H groups in total. The summed E-state index contributed by atoms with van der Waals surface area (Å²) < 4.78 is 0. The van der Waals surface area contributed by atoms with E-state index in [-0.39, 0.29) is 13.2 Å². The van der Waals surface area contributed by atoms with Crippen molar-refractivity contribution >= 4 is 46.4 Å². The van der Waals surface area contributed by atoms with Crippen molar-refractivity contribution in [3.63, 3.8) is 0 Å². The van der Waals surface area contributed by atoms with Crippen LogP contribution in [0.2, 0.25) is 20.1 Å². The second kappa shape index (κ2) is 7.51. The number of hydrogen-bond donors (Lipinski definition) is 0. The highest BCUT2D eigenvalue weighted by atomic mass is 35.5. The van der Waals surface area contributed by atoms with E-state index in [1.807, 2.05) is 6.07 Å². The summed E-state index contributed by atoms with van der Waals surface area (Å²) in [4.78, 5) is 10.2. The summed E-state index contributed by atoms with van der Waals surface area (Å²) in [7, 11) is 0. The first kappa shape index (κ1) is 15.9. The molecular formula is C14H10Cl4O2. The number of benzene rings is 2. The van der Waals surface area contributed by atoms with Gasteiger partial charge in [0.2, 0.25) is 0 Å². The van der Waals surface area contributed by atoms with E-state index in [2.05, 4.69) is 0 Å². The normalized spacial score (nSPS) is 10.8. The van der Waals surface area contributed by atoms with E-state index in [0.29, 0.717) is 20.1 Å². The molecule has 2 nitrogen and oxygen atoms in total. The van der Waals surface area contributed by atoms with Crippen LogP contribution in [0.5, 0.6) is 0 Å². The van der Waals surface area contributed by atoms with Crippen LogP contribution in [0.4, 0.5) is 0 Å². The van der Waals surface area contributed by atoms with Crippen LogP contribution >= 0.6 is 46.4 Å². The van der Waals surface area contributed by atoms with Crippen LogP contribution in [0.1, 0.15) is 11.1 Å². The van der Waals surface area contributed by atoms with Crippen molar-refractivity contribution in [1.29, 1.82) is 0 Å². The molecule has 2 aromatic carbocycles. The van der Waals surface area contributed by atoms with E-state index in [1.165, 1.54) is 0 Å². The number of hydrogen-bond acceptors (Lipinski definition) is 2. The predicted octanol–water partition coefficient (Wildman–Crippen LogP) is 5.95. The highest BCUT2D eigenvalue weighted by Gasteiger charge is 2.03. The van der Waals surface area contributed by atoms with Gasteiger partial charge in [0.15, 0.2) is 0 Å². The van der Waals surface area contributed by atoms with Gasteiger partial charge in [-0.1, -0.05) is 58.5 Å². The van der Waals surface area contributed by atoms with Gasteiger partial charge in [-0.05, 0) is 35.4 Å². The summed E-state index contributed by atoms with van der Waals surface area (Å²) >= 11 is 23.5. The molecule has 0 aromatic heterocycles. The van der Waals surface area contributed by atoms with Crippen LogP contribution in [0.25, 0.3) is 0 Å². The summed E-state index contributed by atoms with van der Waals surface area (Å²) in [6.07, 6.45) is 0. The Bertz CT molecular complexity index is 602. The van der Waals surface area contributed by atoms with Crippen molar-refractivity contribution in [3.05, 3.63) is 67.6 Å². The summed E-state index contributed by atoms with van der Waals surface area (Å²) in [6, 6.07) is 10.4. The minimum atomic E-state index is 0.233. The van der Waals surface area contributed by atoms with Crippen LogP contribution in [0.15, 0.2) is 36.4 Å². The van der Waals surface area contributed by atoms with Gasteiger partial charge in [0.05, 0.1) is 10.0 Å². The first-order chi connectivity index (χ1) is 9.56. The van der Waals surface area contributed by atoms with Gasteiger partial charge in [-0.15, -0.1) is 0 Å². The van der Waals surface area contributed by atoms with E-state index in [0.717, 1.165) is 11.1 Å². The van der Waals surface area contributed by atoms with Gasteiger partial charge in [-0.25, -0.2) is 9.78 Å². The first-order valence-corrected chi connectivity index (χ1v) is 7.19. The van der Waals surface area contributed by atoms with Gasteiger partial charge in [0.1, 0.15) is 13.2 Å². The molecule has 6 heteroatoms. The highest BCUT2D eigenvalue weighted by Crippen LogP contribution is 2.24. The van der Waals surface area contributed by atoms with Crippen molar-refractivity contribution < 1.29 is 9.78 Å². The Labute approximate surface area is 137 Å². The lowest BCUT2D eigenvalue weighted by Gasteiger charge is -2.07. The maximum Gasteiger partial charge on any atom is 0.109 e. The molecule has 20 heavy (non-hydrogen) atoms. The zero-order chi connectivity index (χ0) is 14.5. The van der Waals surface area contributed by atoms with Gasteiger partial charge in [0, 0.05) is 10.0 Å². The summed E-state index contributed by atoms with van der Waals surface area (Å²) in [5.41, 5.74) is 1.66. The zero-order valence-corrected chi connectivity index (χ0v) is 13.2. The van der Waals surface area contributed by atoms with E-state index in [1.54, 1.807) is 30.3 Å². The van der Waals surface area contributed by atoms with E-state index >= 15 is 0 Å². The third kappa shape index (κ3) is 4.52. The summed E-state index contributed by atoms with van der Waals surface area (Å²) in [5.74, 6) is 0. The van der Waals surface area contributed by atoms with Crippen molar-refractivity contribution in [3.8, 4) is 0 Å². The monoisotopic (exact) mass is 350 g/mol. The second-order valence-electron chi connectivity index (χ2n) is 4.01. The molecule has 0 aliphatic rings. The molecule has 2 aromatic rings. The average molecular weight is 352 g/mol. The van der Waals surface area contributed by atoms with E-state index < -0.39 is 0 Å². The van der Waals surface area contributed by atoms with Crippen molar-refractivity contribution in [2.24, 2.45) is 0 Å². The Morgan fingerprint density at radius 2 is 1.45 bits per heavy atom. The third-order valence-corrected chi connectivity index (χ3v) is 3.85. The van der Waals surface area contributed by atoms with Gasteiger partial charge >= 0.3 is 0 Å². The maximum absolute atomic E-state index is 6.01. The second-order valence-corrected chi connectivity index (χ2v) is 5.67. The van der Waals surface area contributed by atoms with Crippen molar-refractivity contribution in [2.45, 2.75) is 13.2 Å². The lowest BCUT2D eigenvalue weighted by molar-refractivity contribution is -0.313. The molecule has 0 aliphatic carbocycles. The molecule has 0 amide bonds. The van der Waals surface area contributed by atoms with Gasteiger partial charge < -0.3 is 0 Å². The minimum absolute atomic E-state index is 0.233. The van der Waals surface area contributed by atoms with Gasteiger partial charge in [-0.2, -0.15) is 0 Å². The molecule has 0 aliphatic heterocycles. The standard InChI is InChI=1S/C14H10Cl4O2/c15-11-3-2-10(13(17)6-11)8-20-19-7-9-1-4-12(16)14(18)5-9/h1-6H,7-8H2. The molecule has 0 heterocycles. The SMILES string of the molecule is Clc1ccc(COOCc2ccc(Cl)c(Cl)c2)c(Cl)c1. The minimum Gasteiger partial charge on any atom is -0.232 e. The lowest BCUT2D eigenvalue weighted by atomic mass is 10.2. The zero-order valence-electron chi connectivity index (χ0n) is 10.2.